The molecule has 0 bridgehead atoms. The molecule has 0 aromatic heterocycles. The van der Waals surface area contributed by atoms with Crippen LogP contribution < -0.4 is 10.6 Å². The molecule has 2 amide bonds. The second-order valence-electron chi connectivity index (χ2n) is 4.76. The van der Waals surface area contributed by atoms with Crippen LogP contribution in [0.2, 0.25) is 0 Å². The highest BCUT2D eigenvalue weighted by Crippen LogP contribution is 1.97. The Morgan fingerprint density at radius 2 is 1.75 bits per heavy atom. The van der Waals surface area contributed by atoms with Crippen LogP contribution in [-0.4, -0.2) is 35.6 Å². The first-order valence-corrected chi connectivity index (χ1v) is 5.54. The van der Waals surface area contributed by atoms with Crippen LogP contribution in [0.1, 0.15) is 40.0 Å². The first-order valence-electron chi connectivity index (χ1n) is 5.54. The standard InChI is InChI=1S/C11H22N2O3/c1-11(2,3)13-10(16)8-12-9(15)6-4-5-7-14/h14H,4-8H2,1-3H3,(H,12,15)(H,13,16). The molecule has 0 aromatic rings. The molecule has 0 aliphatic heterocycles. The monoisotopic (exact) mass is 230 g/mol. The van der Waals surface area contributed by atoms with Crippen molar-refractivity contribution in [1.29, 1.82) is 0 Å². The van der Waals surface area contributed by atoms with Gasteiger partial charge in [-0.1, -0.05) is 0 Å². The Morgan fingerprint density at radius 3 is 2.25 bits per heavy atom. The largest absolute Gasteiger partial charge is 0.396 e. The van der Waals surface area contributed by atoms with E-state index in [1.807, 2.05) is 20.8 Å². The number of rotatable bonds is 6. The number of aliphatic hydroxyl groups excluding tert-OH is 1. The van der Waals surface area contributed by atoms with E-state index in [4.69, 9.17) is 5.11 Å². The summed E-state index contributed by atoms with van der Waals surface area (Å²) in [5, 5.41) is 13.8. The van der Waals surface area contributed by atoms with E-state index >= 15 is 0 Å². The fourth-order valence-electron chi connectivity index (χ4n) is 1.13. The molecule has 0 spiro atoms. The van der Waals surface area contributed by atoms with Crippen LogP contribution in [0.15, 0.2) is 0 Å². The molecular weight excluding hydrogens is 208 g/mol. The molecule has 0 radical (unpaired) electrons. The van der Waals surface area contributed by atoms with Crippen molar-refractivity contribution in [3.05, 3.63) is 0 Å². The summed E-state index contributed by atoms with van der Waals surface area (Å²) < 4.78 is 0. The maximum absolute atomic E-state index is 11.3. The Kier molecular flexibility index (Phi) is 6.72. The van der Waals surface area contributed by atoms with Crippen LogP contribution in [0.3, 0.4) is 0 Å². The summed E-state index contributed by atoms with van der Waals surface area (Å²) in [5.74, 6) is -0.347. The van der Waals surface area contributed by atoms with Crippen molar-refractivity contribution in [3.63, 3.8) is 0 Å². The van der Waals surface area contributed by atoms with E-state index in [0.717, 1.165) is 0 Å². The maximum Gasteiger partial charge on any atom is 0.239 e. The van der Waals surface area contributed by atoms with Gasteiger partial charge in [0.25, 0.3) is 0 Å². The van der Waals surface area contributed by atoms with Gasteiger partial charge in [0.05, 0.1) is 6.54 Å². The van der Waals surface area contributed by atoms with Crippen molar-refractivity contribution in [3.8, 4) is 0 Å². The molecule has 0 saturated heterocycles. The second kappa shape index (κ2) is 7.22. The van der Waals surface area contributed by atoms with Gasteiger partial charge in [0.2, 0.25) is 11.8 Å². The van der Waals surface area contributed by atoms with Crippen molar-refractivity contribution in [2.24, 2.45) is 0 Å². The Hall–Kier alpha value is -1.10. The lowest BCUT2D eigenvalue weighted by molar-refractivity contribution is -0.126. The lowest BCUT2D eigenvalue weighted by Crippen LogP contribution is -2.45. The summed E-state index contributed by atoms with van der Waals surface area (Å²) in [6, 6.07) is 0. The molecule has 0 saturated carbocycles. The summed E-state index contributed by atoms with van der Waals surface area (Å²) in [6.45, 7) is 5.75. The third kappa shape index (κ3) is 9.45. The van der Waals surface area contributed by atoms with Crippen molar-refractivity contribution in [2.75, 3.05) is 13.2 Å². The van der Waals surface area contributed by atoms with Gasteiger partial charge in [-0.15, -0.1) is 0 Å². The van der Waals surface area contributed by atoms with E-state index in [-0.39, 0.29) is 30.5 Å². The molecule has 0 aliphatic carbocycles. The van der Waals surface area contributed by atoms with Crippen molar-refractivity contribution in [2.45, 2.75) is 45.6 Å². The summed E-state index contributed by atoms with van der Waals surface area (Å²) in [6.07, 6.45) is 1.61. The van der Waals surface area contributed by atoms with E-state index < -0.39 is 0 Å². The topological polar surface area (TPSA) is 78.4 Å². The van der Waals surface area contributed by atoms with Gasteiger partial charge in [0.15, 0.2) is 0 Å². The number of carbonyl (C=O) groups excluding carboxylic acids is 2. The van der Waals surface area contributed by atoms with E-state index in [1.165, 1.54) is 0 Å². The molecule has 0 aromatic carbocycles. The number of hydrogen-bond donors (Lipinski definition) is 3. The van der Waals surface area contributed by atoms with Crippen LogP contribution in [0, 0.1) is 0 Å². The molecule has 0 atom stereocenters. The summed E-state index contributed by atoms with van der Waals surface area (Å²) >= 11 is 0. The minimum absolute atomic E-state index is 0.00916. The number of carbonyl (C=O) groups is 2. The molecule has 5 nitrogen and oxygen atoms in total. The van der Waals surface area contributed by atoms with Crippen LogP contribution >= 0.6 is 0 Å². The normalized spacial score (nSPS) is 11.0. The highest BCUT2D eigenvalue weighted by molar-refractivity contribution is 5.84. The third-order valence-electron chi connectivity index (χ3n) is 1.77. The predicted molar refractivity (Wildman–Crippen MR) is 61.8 cm³/mol. The molecule has 5 heteroatoms. The number of unbranched alkanes of at least 4 members (excludes halogenated alkanes) is 1. The number of amides is 2. The summed E-state index contributed by atoms with van der Waals surface area (Å²) in [7, 11) is 0. The Morgan fingerprint density at radius 1 is 1.12 bits per heavy atom. The molecule has 0 heterocycles. The fraction of sp³-hybridized carbons (Fsp3) is 0.818. The molecule has 0 rings (SSSR count). The molecular formula is C11H22N2O3. The summed E-state index contributed by atoms with van der Waals surface area (Å²) in [5.41, 5.74) is -0.279. The molecule has 0 unspecified atom stereocenters. The van der Waals surface area contributed by atoms with Crippen molar-refractivity contribution < 1.29 is 14.7 Å². The average molecular weight is 230 g/mol. The summed E-state index contributed by atoms with van der Waals surface area (Å²) in [4.78, 5) is 22.5. The van der Waals surface area contributed by atoms with Crippen molar-refractivity contribution in [1.82, 2.24) is 10.6 Å². The van der Waals surface area contributed by atoms with Gasteiger partial charge in [-0.25, -0.2) is 0 Å². The maximum atomic E-state index is 11.3. The first-order chi connectivity index (χ1) is 7.35. The molecule has 0 aliphatic rings. The minimum atomic E-state index is -0.279. The van der Waals surface area contributed by atoms with E-state index in [9.17, 15) is 9.59 Å². The lowest BCUT2D eigenvalue weighted by atomic mass is 10.1. The van der Waals surface area contributed by atoms with Gasteiger partial charge in [0.1, 0.15) is 0 Å². The van der Waals surface area contributed by atoms with E-state index in [0.29, 0.717) is 19.3 Å². The van der Waals surface area contributed by atoms with Crippen LogP contribution in [-0.2, 0) is 9.59 Å². The first kappa shape index (κ1) is 14.9. The Labute approximate surface area is 96.6 Å². The van der Waals surface area contributed by atoms with Crippen molar-refractivity contribution >= 4 is 11.8 Å². The van der Waals surface area contributed by atoms with Crippen LogP contribution in [0.25, 0.3) is 0 Å². The van der Waals surface area contributed by atoms with Crippen LogP contribution in [0.4, 0.5) is 0 Å². The Bertz CT molecular complexity index is 234. The number of hydrogen-bond acceptors (Lipinski definition) is 3. The zero-order valence-electron chi connectivity index (χ0n) is 10.3. The quantitative estimate of drug-likeness (QED) is 0.570. The average Bonchev–Trinajstić information content (AvgIpc) is 2.12. The highest BCUT2D eigenvalue weighted by atomic mass is 16.3. The van der Waals surface area contributed by atoms with E-state index in [2.05, 4.69) is 10.6 Å². The lowest BCUT2D eigenvalue weighted by Gasteiger charge is -2.20. The van der Waals surface area contributed by atoms with Gasteiger partial charge in [-0.3, -0.25) is 9.59 Å². The third-order valence-corrected chi connectivity index (χ3v) is 1.77. The fourth-order valence-corrected chi connectivity index (χ4v) is 1.13. The molecule has 3 N–H and O–H groups in total. The van der Waals surface area contributed by atoms with Gasteiger partial charge < -0.3 is 15.7 Å². The molecule has 0 fully saturated rings. The highest BCUT2D eigenvalue weighted by Gasteiger charge is 2.13. The van der Waals surface area contributed by atoms with Gasteiger partial charge >= 0.3 is 0 Å². The zero-order valence-corrected chi connectivity index (χ0v) is 10.3. The van der Waals surface area contributed by atoms with Crippen LogP contribution in [0.5, 0.6) is 0 Å². The van der Waals surface area contributed by atoms with E-state index in [1.54, 1.807) is 0 Å². The van der Waals surface area contributed by atoms with Gasteiger partial charge in [0, 0.05) is 18.6 Å². The van der Waals surface area contributed by atoms with Gasteiger partial charge in [-0.05, 0) is 33.6 Å². The zero-order chi connectivity index (χ0) is 12.6. The Balaban J connectivity index is 3.63. The predicted octanol–water partition coefficient (Wildman–Crippen LogP) is 0.180. The van der Waals surface area contributed by atoms with Gasteiger partial charge in [-0.2, -0.15) is 0 Å². The number of nitrogens with one attached hydrogen (secondary N) is 2. The SMILES string of the molecule is CC(C)(C)NC(=O)CNC(=O)CCCCO. The smallest absolute Gasteiger partial charge is 0.239 e. The second-order valence-corrected chi connectivity index (χ2v) is 4.76. The number of aliphatic hydroxyl groups is 1. The minimum Gasteiger partial charge on any atom is -0.396 e. The molecule has 16 heavy (non-hydrogen) atoms. The molecule has 94 valence electrons.